The number of aromatic nitrogens is 5. The Hall–Kier alpha value is -3.22. The molecule has 0 spiro atoms. The van der Waals surface area contributed by atoms with Crippen LogP contribution in [0.4, 0.5) is 19.0 Å². The van der Waals surface area contributed by atoms with Gasteiger partial charge in [-0.25, -0.2) is 9.67 Å². The summed E-state index contributed by atoms with van der Waals surface area (Å²) in [6.45, 7) is 7.86. The van der Waals surface area contributed by atoms with E-state index >= 15 is 0 Å². The van der Waals surface area contributed by atoms with Crippen molar-refractivity contribution in [3.63, 3.8) is 0 Å². The maximum absolute atomic E-state index is 13.5. The highest BCUT2D eigenvalue weighted by atomic mass is 32.2. The Kier molecular flexibility index (Phi) is 6.98. The largest absolute Gasteiger partial charge is 0.477 e. The predicted octanol–water partition coefficient (Wildman–Crippen LogP) is 5.72. The summed E-state index contributed by atoms with van der Waals surface area (Å²) < 4.78 is 51.7. The van der Waals surface area contributed by atoms with E-state index in [1.165, 1.54) is 16.6 Å². The first-order valence-corrected chi connectivity index (χ1v) is 14.8. The first kappa shape index (κ1) is 27.9. The molecule has 3 aromatic heterocycles. The van der Waals surface area contributed by atoms with E-state index in [2.05, 4.69) is 33.7 Å². The Morgan fingerprint density at radius 1 is 1.20 bits per heavy atom. The fraction of sp³-hybridized carbons (Fsp3) is 0.571. The van der Waals surface area contributed by atoms with E-state index < -0.39 is 11.6 Å². The molecule has 6 rings (SSSR count). The van der Waals surface area contributed by atoms with Gasteiger partial charge in [0.05, 0.1) is 17.6 Å². The number of ether oxygens (including phenoxy) is 1. The Labute approximate surface area is 241 Å². The average molecular weight is 590 g/mol. The zero-order valence-corrected chi connectivity index (χ0v) is 24.2. The molecule has 3 aromatic rings. The van der Waals surface area contributed by atoms with Gasteiger partial charge >= 0.3 is 6.18 Å². The lowest BCUT2D eigenvalue weighted by Crippen LogP contribution is -2.40. The van der Waals surface area contributed by atoms with Crippen LogP contribution in [0, 0.1) is 18.3 Å². The van der Waals surface area contributed by atoms with Gasteiger partial charge in [-0.15, -0.1) is 5.10 Å². The number of anilines is 1. The second-order valence-electron chi connectivity index (χ2n) is 12.1. The summed E-state index contributed by atoms with van der Waals surface area (Å²) in [5, 5.41) is 9.81. The molecule has 13 heteroatoms. The monoisotopic (exact) mass is 589 g/mol. The second kappa shape index (κ2) is 10.2. The summed E-state index contributed by atoms with van der Waals surface area (Å²) in [6, 6.07) is 5.07. The molecule has 1 atom stereocenters. The van der Waals surface area contributed by atoms with E-state index in [1.807, 2.05) is 17.8 Å². The van der Waals surface area contributed by atoms with E-state index in [0.717, 1.165) is 42.9 Å². The van der Waals surface area contributed by atoms with Gasteiger partial charge < -0.3 is 9.64 Å². The summed E-state index contributed by atoms with van der Waals surface area (Å²) in [5.41, 5.74) is -0.371. The van der Waals surface area contributed by atoms with Crippen molar-refractivity contribution in [1.82, 2.24) is 29.3 Å². The number of carbonyl (C=O) groups is 1. The van der Waals surface area contributed by atoms with Crippen molar-refractivity contribution in [2.45, 2.75) is 82.6 Å². The molecule has 1 unspecified atom stereocenters. The Balaban J connectivity index is 1.26. The molecular formula is C28H34F3N7O2S. The van der Waals surface area contributed by atoms with Gasteiger partial charge in [-0.3, -0.25) is 14.2 Å². The Morgan fingerprint density at radius 2 is 2.00 bits per heavy atom. The van der Waals surface area contributed by atoms with Crippen LogP contribution in [0.1, 0.15) is 68.3 Å². The van der Waals surface area contributed by atoms with Crippen molar-refractivity contribution >= 4 is 23.7 Å². The molecule has 220 valence electrons. The number of carbonyl (C=O) groups excluding carboxylic acids is 1. The number of alkyl halides is 3. The Bertz CT molecular complexity index is 1450. The quantitative estimate of drug-likeness (QED) is 0.381. The molecule has 4 bridgehead atoms. The molecule has 41 heavy (non-hydrogen) atoms. The number of hydrogen-bond acceptors (Lipinski definition) is 7. The average Bonchev–Trinajstić information content (AvgIpc) is 3.26. The van der Waals surface area contributed by atoms with Gasteiger partial charge in [-0.05, 0) is 77.3 Å². The summed E-state index contributed by atoms with van der Waals surface area (Å²) in [4.78, 5) is 20.6. The molecule has 0 radical (unpaired) electrons. The SMILES string of the molecule is Cc1cn2nc1SNC(=O)c1ccc(-n3ccc(OCCC4(C(F)(F)F)CC4)n3)nc1N1CC(CCC2)CC1(C)C. The molecule has 9 nitrogen and oxygen atoms in total. The summed E-state index contributed by atoms with van der Waals surface area (Å²) in [7, 11) is 0. The molecule has 1 N–H and O–H groups in total. The third kappa shape index (κ3) is 5.52. The van der Waals surface area contributed by atoms with Crippen molar-refractivity contribution in [3.05, 3.63) is 41.7 Å². The third-order valence-corrected chi connectivity index (χ3v) is 9.43. The highest BCUT2D eigenvalue weighted by Crippen LogP contribution is 2.59. The normalized spacial score (nSPS) is 21.7. The fourth-order valence-electron chi connectivity index (χ4n) is 6.00. The van der Waals surface area contributed by atoms with E-state index in [9.17, 15) is 18.0 Å². The summed E-state index contributed by atoms with van der Waals surface area (Å²) in [5.74, 6) is 1.47. The maximum atomic E-state index is 13.5. The second-order valence-corrected chi connectivity index (χ2v) is 12.9. The van der Waals surface area contributed by atoms with Crippen molar-refractivity contribution in [1.29, 1.82) is 0 Å². The lowest BCUT2D eigenvalue weighted by molar-refractivity contribution is -0.190. The van der Waals surface area contributed by atoms with Crippen molar-refractivity contribution in [2.75, 3.05) is 18.1 Å². The smallest absolute Gasteiger partial charge is 0.394 e. The predicted molar refractivity (Wildman–Crippen MR) is 148 cm³/mol. The topological polar surface area (TPSA) is 90.1 Å². The van der Waals surface area contributed by atoms with E-state index in [-0.39, 0.29) is 43.2 Å². The molecular weight excluding hydrogens is 555 g/mol. The zero-order chi connectivity index (χ0) is 29.0. The molecule has 2 aliphatic heterocycles. The molecule has 5 heterocycles. The first-order chi connectivity index (χ1) is 19.4. The fourth-order valence-corrected chi connectivity index (χ4v) is 6.66. The number of fused-ring (bicyclic) bond motifs is 6. The van der Waals surface area contributed by atoms with Crippen molar-refractivity contribution in [2.24, 2.45) is 11.3 Å². The van der Waals surface area contributed by atoms with Crippen LogP contribution in [0.25, 0.3) is 5.82 Å². The zero-order valence-electron chi connectivity index (χ0n) is 23.4. The van der Waals surface area contributed by atoms with Gasteiger partial charge in [0.25, 0.3) is 5.91 Å². The molecule has 3 aliphatic rings. The van der Waals surface area contributed by atoms with E-state index in [1.54, 1.807) is 24.4 Å². The lowest BCUT2D eigenvalue weighted by atomic mass is 9.93. The molecule has 1 saturated carbocycles. The molecule has 1 saturated heterocycles. The van der Waals surface area contributed by atoms with E-state index in [4.69, 9.17) is 9.72 Å². The molecule has 1 amide bonds. The van der Waals surface area contributed by atoms with Gasteiger partial charge in [0.15, 0.2) is 5.82 Å². The van der Waals surface area contributed by atoms with Crippen LogP contribution < -0.4 is 14.4 Å². The highest BCUT2D eigenvalue weighted by molar-refractivity contribution is 7.98. The minimum absolute atomic E-state index is 0.0625. The van der Waals surface area contributed by atoms with Crippen molar-refractivity contribution in [3.8, 4) is 11.7 Å². The van der Waals surface area contributed by atoms with Crippen LogP contribution in [0.3, 0.4) is 0 Å². The summed E-state index contributed by atoms with van der Waals surface area (Å²) in [6.07, 6.45) is 2.70. The molecule has 1 aliphatic carbocycles. The van der Waals surface area contributed by atoms with E-state index in [0.29, 0.717) is 23.1 Å². The van der Waals surface area contributed by atoms with Gasteiger partial charge in [0, 0.05) is 54.6 Å². The van der Waals surface area contributed by atoms with Crippen LogP contribution >= 0.6 is 11.9 Å². The van der Waals surface area contributed by atoms with Gasteiger partial charge in [-0.2, -0.15) is 18.3 Å². The number of amides is 1. The van der Waals surface area contributed by atoms with Gasteiger partial charge in [0.2, 0.25) is 5.88 Å². The van der Waals surface area contributed by atoms with Crippen LogP contribution in [0.15, 0.2) is 35.6 Å². The van der Waals surface area contributed by atoms with Crippen LogP contribution in [-0.2, 0) is 6.54 Å². The number of hydrogen-bond donors (Lipinski definition) is 1. The minimum atomic E-state index is -4.21. The molecule has 0 aromatic carbocycles. The minimum Gasteiger partial charge on any atom is -0.477 e. The number of aryl methyl sites for hydroxylation is 2. The summed E-state index contributed by atoms with van der Waals surface area (Å²) >= 11 is 1.20. The van der Waals surface area contributed by atoms with Crippen LogP contribution in [-0.4, -0.2) is 55.3 Å². The highest BCUT2D eigenvalue weighted by Gasteiger charge is 2.62. The standard InChI is InChI=1S/C28H34F3N7O2S/c1-18-16-36-12-4-5-19-15-26(2,3)37(17-19)23-20(24(39)35-41-25(18)34-36)6-7-21(32-23)38-13-8-22(33-38)40-14-11-27(9-10-27)28(29,30)31/h6-8,13,16,19H,4-5,9-12,14-15,17H2,1-3H3,(H,35,39). The maximum Gasteiger partial charge on any atom is 0.394 e. The first-order valence-electron chi connectivity index (χ1n) is 14.0. The lowest BCUT2D eigenvalue weighted by Gasteiger charge is -2.34. The van der Waals surface area contributed by atoms with Crippen LogP contribution in [0.2, 0.25) is 0 Å². The van der Waals surface area contributed by atoms with Gasteiger partial charge in [-0.1, -0.05) is 0 Å². The number of nitrogens with one attached hydrogen (secondary N) is 1. The number of rotatable bonds is 5. The Morgan fingerprint density at radius 3 is 2.76 bits per heavy atom. The number of pyridine rings is 1. The van der Waals surface area contributed by atoms with Gasteiger partial charge in [0.1, 0.15) is 10.8 Å². The number of nitrogens with zero attached hydrogens (tertiary/aromatic N) is 6. The number of halogens is 3. The van der Waals surface area contributed by atoms with Crippen LogP contribution in [0.5, 0.6) is 5.88 Å². The molecule has 2 fully saturated rings. The third-order valence-electron chi connectivity index (χ3n) is 8.54. The van der Waals surface area contributed by atoms with Crippen molar-refractivity contribution < 1.29 is 22.7 Å².